The molecule has 2 heterocycles. The number of aromatic nitrogens is 1. The Balaban J connectivity index is 0.00000147. The molecule has 0 fully saturated rings. The number of nitrogen functional groups attached to an aromatic ring is 1. The van der Waals surface area contributed by atoms with Gasteiger partial charge in [-0.05, 0) is 42.2 Å². The van der Waals surface area contributed by atoms with Crippen molar-refractivity contribution in [3.63, 3.8) is 0 Å². The number of nitrogens with two attached hydrogens (primary N) is 1. The molecule has 3 rings (SSSR count). The van der Waals surface area contributed by atoms with E-state index in [1.54, 1.807) is 0 Å². The lowest BCUT2D eigenvalue weighted by atomic mass is 10.0. The van der Waals surface area contributed by atoms with Crippen molar-refractivity contribution in [1.29, 1.82) is 0 Å². The summed E-state index contributed by atoms with van der Waals surface area (Å²) < 4.78 is 4.97. The Morgan fingerprint density at radius 1 is 1.15 bits per heavy atom. The van der Waals surface area contributed by atoms with Crippen LogP contribution in [0.25, 0.3) is 21.6 Å². The summed E-state index contributed by atoms with van der Waals surface area (Å²) in [4.78, 5) is 2.29. The highest BCUT2D eigenvalue weighted by molar-refractivity contribution is 7.19. The number of nitrogens with zero attached hydrogens (tertiary/aromatic N) is 1. The van der Waals surface area contributed by atoms with Crippen LogP contribution in [0.1, 0.15) is 4.88 Å². The average molecular weight is 343 g/mol. The van der Waals surface area contributed by atoms with Gasteiger partial charge >= 0.3 is 0 Å². The summed E-state index contributed by atoms with van der Waals surface area (Å²) in [5.41, 5.74) is 10.2. The Morgan fingerprint density at radius 2 is 1.95 bits per heavy atom. The molecule has 6 heteroatoms. The molecule has 2 aromatic heterocycles. The van der Waals surface area contributed by atoms with Gasteiger partial charge in [0, 0.05) is 32.8 Å². The van der Waals surface area contributed by atoms with E-state index in [1.807, 2.05) is 30.5 Å². The molecule has 2 nitrogen and oxygen atoms in total. The SMILES string of the molecule is Cc1sncc1-c1ccc(-c2ccc(Cl)s2)c(N)c1.Cl. The zero-order chi connectivity index (χ0) is 13.4. The minimum absolute atomic E-state index is 0. The quantitative estimate of drug-likeness (QED) is 0.624. The topological polar surface area (TPSA) is 38.9 Å². The molecule has 0 saturated heterocycles. The highest BCUT2D eigenvalue weighted by Gasteiger charge is 2.09. The van der Waals surface area contributed by atoms with Crippen LogP contribution in [-0.2, 0) is 0 Å². The molecule has 1 aromatic carbocycles. The van der Waals surface area contributed by atoms with E-state index in [0.29, 0.717) is 0 Å². The standard InChI is InChI=1S/C14H11ClN2S2.ClH/c1-8-11(7-17-19-8)9-2-3-10(12(16)6-9)13-4-5-14(15)18-13;/h2-7H,16H2,1H3;1H. The number of aryl methyl sites for hydroxylation is 1. The van der Waals surface area contributed by atoms with Gasteiger partial charge in [-0.3, -0.25) is 0 Å². The molecular formula is C14H12Cl2N2S2. The second-order valence-corrected chi connectivity index (χ2v) is 6.92. The fraction of sp³-hybridized carbons (Fsp3) is 0.0714. The van der Waals surface area contributed by atoms with Gasteiger partial charge < -0.3 is 5.73 Å². The van der Waals surface area contributed by atoms with Crippen LogP contribution in [0.15, 0.2) is 36.5 Å². The van der Waals surface area contributed by atoms with Gasteiger partial charge in [0.05, 0.1) is 4.34 Å². The fourth-order valence-corrected chi connectivity index (χ4v) is 3.67. The van der Waals surface area contributed by atoms with Gasteiger partial charge in [0.25, 0.3) is 0 Å². The van der Waals surface area contributed by atoms with E-state index in [2.05, 4.69) is 17.4 Å². The van der Waals surface area contributed by atoms with Crippen molar-refractivity contribution >= 4 is 52.6 Å². The van der Waals surface area contributed by atoms with E-state index in [-0.39, 0.29) is 12.4 Å². The Kier molecular flexibility index (Phi) is 4.70. The lowest BCUT2D eigenvalue weighted by Gasteiger charge is -2.06. The van der Waals surface area contributed by atoms with Crippen LogP contribution in [0, 0.1) is 6.92 Å². The lowest BCUT2D eigenvalue weighted by Crippen LogP contribution is -1.90. The van der Waals surface area contributed by atoms with Gasteiger partial charge in [0.2, 0.25) is 0 Å². The molecule has 0 atom stereocenters. The summed E-state index contributed by atoms with van der Waals surface area (Å²) in [6.45, 7) is 2.07. The number of halogens is 2. The maximum atomic E-state index is 6.17. The third-order valence-electron chi connectivity index (χ3n) is 2.95. The number of rotatable bonds is 2. The molecule has 104 valence electrons. The maximum Gasteiger partial charge on any atom is 0.0934 e. The summed E-state index contributed by atoms with van der Waals surface area (Å²) in [6.07, 6.45) is 1.89. The Morgan fingerprint density at radius 3 is 2.50 bits per heavy atom. The van der Waals surface area contributed by atoms with Crippen LogP contribution in [-0.4, -0.2) is 4.37 Å². The summed E-state index contributed by atoms with van der Waals surface area (Å²) in [5.74, 6) is 0. The number of anilines is 1. The van der Waals surface area contributed by atoms with Gasteiger partial charge in [0.15, 0.2) is 0 Å². The first kappa shape index (κ1) is 15.3. The largest absolute Gasteiger partial charge is 0.398 e. The number of hydrogen-bond acceptors (Lipinski definition) is 4. The first-order valence-corrected chi connectivity index (χ1v) is 7.69. The Hall–Kier alpha value is -1.07. The summed E-state index contributed by atoms with van der Waals surface area (Å²) in [6, 6.07) is 10.0. The second kappa shape index (κ2) is 6.14. The number of hydrogen-bond donors (Lipinski definition) is 1. The molecule has 0 spiro atoms. The molecule has 3 aromatic rings. The van der Waals surface area contributed by atoms with Crippen LogP contribution >= 0.6 is 46.9 Å². The average Bonchev–Trinajstić information content (AvgIpc) is 2.98. The molecule has 0 radical (unpaired) electrons. The van der Waals surface area contributed by atoms with Crippen LogP contribution in [0.4, 0.5) is 5.69 Å². The van der Waals surface area contributed by atoms with E-state index in [9.17, 15) is 0 Å². The van der Waals surface area contributed by atoms with E-state index in [4.69, 9.17) is 17.3 Å². The van der Waals surface area contributed by atoms with Gasteiger partial charge in [-0.1, -0.05) is 23.7 Å². The van der Waals surface area contributed by atoms with Gasteiger partial charge in [-0.15, -0.1) is 23.7 Å². The molecule has 20 heavy (non-hydrogen) atoms. The minimum atomic E-state index is 0. The summed E-state index contributed by atoms with van der Waals surface area (Å²) >= 11 is 9.01. The van der Waals surface area contributed by atoms with E-state index >= 15 is 0 Å². The molecule has 0 bridgehead atoms. The molecule has 2 N–H and O–H groups in total. The van der Waals surface area contributed by atoms with E-state index < -0.39 is 0 Å². The molecule has 0 aliphatic heterocycles. The van der Waals surface area contributed by atoms with Crippen molar-refractivity contribution in [2.24, 2.45) is 0 Å². The molecule has 0 unspecified atom stereocenters. The molecule has 0 aliphatic rings. The van der Waals surface area contributed by atoms with E-state index in [1.165, 1.54) is 27.7 Å². The number of benzene rings is 1. The van der Waals surface area contributed by atoms with Crippen molar-refractivity contribution in [1.82, 2.24) is 4.37 Å². The molecule has 0 saturated carbocycles. The first-order valence-electron chi connectivity index (χ1n) is 5.72. The smallest absolute Gasteiger partial charge is 0.0934 e. The predicted octanol–water partition coefficient (Wildman–Crippen LogP) is 5.50. The van der Waals surface area contributed by atoms with Crippen LogP contribution < -0.4 is 5.73 Å². The second-order valence-electron chi connectivity index (χ2n) is 4.20. The Bertz CT molecular complexity index is 734. The molecule has 0 amide bonds. The lowest BCUT2D eigenvalue weighted by molar-refractivity contribution is 1.53. The molecule has 0 aliphatic carbocycles. The van der Waals surface area contributed by atoms with Crippen LogP contribution in [0.2, 0.25) is 4.34 Å². The maximum absolute atomic E-state index is 6.17. The van der Waals surface area contributed by atoms with Gasteiger partial charge in [-0.25, -0.2) is 4.37 Å². The Labute approximate surface area is 136 Å². The zero-order valence-electron chi connectivity index (χ0n) is 10.6. The predicted molar refractivity (Wildman–Crippen MR) is 92.3 cm³/mol. The minimum Gasteiger partial charge on any atom is -0.398 e. The van der Waals surface area contributed by atoms with Gasteiger partial charge in [-0.2, -0.15) is 0 Å². The van der Waals surface area contributed by atoms with Gasteiger partial charge in [0.1, 0.15) is 0 Å². The first-order chi connectivity index (χ1) is 9.15. The summed E-state index contributed by atoms with van der Waals surface area (Å²) in [5, 5.41) is 0. The van der Waals surface area contributed by atoms with Crippen molar-refractivity contribution in [2.75, 3.05) is 5.73 Å². The van der Waals surface area contributed by atoms with Crippen LogP contribution in [0.3, 0.4) is 0 Å². The van der Waals surface area contributed by atoms with Crippen molar-refractivity contribution < 1.29 is 0 Å². The van der Waals surface area contributed by atoms with E-state index in [0.717, 1.165) is 31.6 Å². The third kappa shape index (κ3) is 2.83. The normalized spacial score (nSPS) is 10.3. The van der Waals surface area contributed by atoms with Crippen molar-refractivity contribution in [3.05, 3.63) is 45.7 Å². The highest BCUT2D eigenvalue weighted by atomic mass is 35.5. The molecular weight excluding hydrogens is 331 g/mol. The highest BCUT2D eigenvalue weighted by Crippen LogP contribution is 2.37. The third-order valence-corrected chi connectivity index (χ3v) is 4.92. The number of thiophene rings is 1. The monoisotopic (exact) mass is 342 g/mol. The van der Waals surface area contributed by atoms with Crippen molar-refractivity contribution in [2.45, 2.75) is 6.92 Å². The summed E-state index contributed by atoms with van der Waals surface area (Å²) in [7, 11) is 0. The fourth-order valence-electron chi connectivity index (χ4n) is 1.99. The van der Waals surface area contributed by atoms with Crippen molar-refractivity contribution in [3.8, 4) is 21.6 Å². The zero-order valence-corrected chi connectivity index (χ0v) is 13.8. The van der Waals surface area contributed by atoms with Crippen LogP contribution in [0.5, 0.6) is 0 Å².